The lowest BCUT2D eigenvalue weighted by Gasteiger charge is -2.19. The number of aliphatic hydroxyl groups is 1. The van der Waals surface area contributed by atoms with Gasteiger partial charge in [-0.05, 0) is 31.0 Å². The number of amides is 1. The molecule has 1 aromatic rings. The quantitative estimate of drug-likeness (QED) is 0.725. The molecule has 0 saturated carbocycles. The van der Waals surface area contributed by atoms with Gasteiger partial charge in [-0.2, -0.15) is 0 Å². The van der Waals surface area contributed by atoms with Crippen LogP contribution in [-0.4, -0.2) is 29.7 Å². The van der Waals surface area contributed by atoms with E-state index in [2.05, 4.69) is 10.6 Å². The molecule has 1 rings (SSSR count). The van der Waals surface area contributed by atoms with E-state index in [0.717, 1.165) is 0 Å². The van der Waals surface area contributed by atoms with Gasteiger partial charge in [-0.15, -0.1) is 0 Å². The van der Waals surface area contributed by atoms with Crippen LogP contribution in [-0.2, 0) is 4.79 Å². The minimum Gasteiger partial charge on any atom is -0.392 e. The van der Waals surface area contributed by atoms with Gasteiger partial charge in [-0.25, -0.2) is 0 Å². The molecule has 0 fully saturated rings. The standard InChI is InChI=1S/C15H23ClN2O2/c1-10(2)14(19)9-17-11(3)7-15(20)18-13-6-4-5-12(16)8-13/h4-6,8,10-11,14,17,19H,7,9H2,1-3H3,(H,18,20). The fourth-order valence-electron chi connectivity index (χ4n) is 1.69. The summed E-state index contributed by atoms with van der Waals surface area (Å²) in [5, 5.41) is 16.2. The minimum absolute atomic E-state index is 0.00239. The summed E-state index contributed by atoms with van der Waals surface area (Å²) in [5.41, 5.74) is 0.692. The maximum absolute atomic E-state index is 11.9. The highest BCUT2D eigenvalue weighted by atomic mass is 35.5. The number of anilines is 1. The average Bonchev–Trinajstić information content (AvgIpc) is 2.35. The molecule has 0 saturated heterocycles. The summed E-state index contributed by atoms with van der Waals surface area (Å²) in [7, 11) is 0. The normalized spacial score (nSPS) is 14.1. The van der Waals surface area contributed by atoms with Gasteiger partial charge in [-0.1, -0.05) is 31.5 Å². The Bertz CT molecular complexity index is 438. The Morgan fingerprint density at radius 1 is 1.35 bits per heavy atom. The Morgan fingerprint density at radius 3 is 2.65 bits per heavy atom. The minimum atomic E-state index is -0.395. The van der Waals surface area contributed by atoms with E-state index in [4.69, 9.17) is 11.6 Å². The second-order valence-corrected chi connectivity index (χ2v) is 5.82. The van der Waals surface area contributed by atoms with E-state index in [1.54, 1.807) is 24.3 Å². The van der Waals surface area contributed by atoms with E-state index < -0.39 is 6.10 Å². The van der Waals surface area contributed by atoms with Gasteiger partial charge in [-0.3, -0.25) is 4.79 Å². The van der Waals surface area contributed by atoms with Crippen molar-refractivity contribution in [2.75, 3.05) is 11.9 Å². The van der Waals surface area contributed by atoms with Gasteiger partial charge >= 0.3 is 0 Å². The molecule has 0 aliphatic heterocycles. The molecule has 0 aromatic heterocycles. The molecule has 0 aliphatic rings. The first-order valence-electron chi connectivity index (χ1n) is 6.85. The summed E-state index contributed by atoms with van der Waals surface area (Å²) in [6.45, 7) is 6.33. The lowest BCUT2D eigenvalue weighted by molar-refractivity contribution is -0.116. The van der Waals surface area contributed by atoms with E-state index >= 15 is 0 Å². The molecule has 2 atom stereocenters. The molecule has 2 unspecified atom stereocenters. The Labute approximate surface area is 125 Å². The first-order valence-corrected chi connectivity index (χ1v) is 7.23. The van der Waals surface area contributed by atoms with Crippen LogP contribution in [0, 0.1) is 5.92 Å². The van der Waals surface area contributed by atoms with Crippen LogP contribution in [0.1, 0.15) is 27.2 Å². The Morgan fingerprint density at radius 2 is 2.05 bits per heavy atom. The van der Waals surface area contributed by atoms with Crippen molar-refractivity contribution in [2.24, 2.45) is 5.92 Å². The Balaban J connectivity index is 2.35. The van der Waals surface area contributed by atoms with E-state index in [-0.39, 0.29) is 17.9 Å². The number of carbonyl (C=O) groups is 1. The van der Waals surface area contributed by atoms with E-state index in [9.17, 15) is 9.90 Å². The molecular weight excluding hydrogens is 276 g/mol. The highest BCUT2D eigenvalue weighted by Crippen LogP contribution is 2.15. The van der Waals surface area contributed by atoms with Crippen LogP contribution in [0.15, 0.2) is 24.3 Å². The number of hydrogen-bond acceptors (Lipinski definition) is 3. The van der Waals surface area contributed by atoms with Crippen LogP contribution in [0.4, 0.5) is 5.69 Å². The van der Waals surface area contributed by atoms with Crippen molar-refractivity contribution >= 4 is 23.2 Å². The molecule has 3 N–H and O–H groups in total. The predicted octanol–water partition coefficient (Wildman–Crippen LogP) is 2.66. The number of nitrogens with one attached hydrogen (secondary N) is 2. The van der Waals surface area contributed by atoms with Crippen LogP contribution < -0.4 is 10.6 Å². The van der Waals surface area contributed by atoms with Gasteiger partial charge in [0.25, 0.3) is 0 Å². The molecule has 0 heterocycles. The van der Waals surface area contributed by atoms with Crippen molar-refractivity contribution in [1.29, 1.82) is 0 Å². The van der Waals surface area contributed by atoms with E-state index in [0.29, 0.717) is 23.7 Å². The molecule has 0 bridgehead atoms. The average molecular weight is 299 g/mol. The topological polar surface area (TPSA) is 61.4 Å². The summed E-state index contributed by atoms with van der Waals surface area (Å²) < 4.78 is 0. The first-order chi connectivity index (χ1) is 9.38. The van der Waals surface area contributed by atoms with Gasteiger partial charge in [0.2, 0.25) is 5.91 Å². The fraction of sp³-hybridized carbons (Fsp3) is 0.533. The zero-order chi connectivity index (χ0) is 15.1. The zero-order valence-electron chi connectivity index (χ0n) is 12.2. The van der Waals surface area contributed by atoms with Gasteiger partial charge in [0.05, 0.1) is 6.10 Å². The number of halogens is 1. The Kier molecular flexibility index (Phi) is 6.99. The van der Waals surface area contributed by atoms with E-state index in [1.807, 2.05) is 20.8 Å². The smallest absolute Gasteiger partial charge is 0.225 e. The molecule has 0 spiro atoms. The largest absolute Gasteiger partial charge is 0.392 e. The summed E-state index contributed by atoms with van der Waals surface area (Å²) in [4.78, 5) is 11.9. The predicted molar refractivity (Wildman–Crippen MR) is 83.0 cm³/mol. The third-order valence-corrected chi connectivity index (χ3v) is 3.28. The van der Waals surface area contributed by atoms with Gasteiger partial charge in [0, 0.05) is 29.7 Å². The number of benzene rings is 1. The van der Waals surface area contributed by atoms with Gasteiger partial charge in [0.15, 0.2) is 0 Å². The molecule has 0 aliphatic carbocycles. The Hall–Kier alpha value is -1.10. The first kappa shape index (κ1) is 17.0. The third kappa shape index (κ3) is 6.37. The monoisotopic (exact) mass is 298 g/mol. The maximum Gasteiger partial charge on any atom is 0.225 e. The number of aliphatic hydroxyl groups excluding tert-OH is 1. The molecule has 1 aromatic carbocycles. The molecular formula is C15H23ClN2O2. The number of hydrogen-bond donors (Lipinski definition) is 3. The summed E-state index contributed by atoms with van der Waals surface area (Å²) in [5.74, 6) is 0.126. The van der Waals surface area contributed by atoms with E-state index in [1.165, 1.54) is 0 Å². The molecule has 1 amide bonds. The van der Waals surface area contributed by atoms with Crippen LogP contribution in [0.25, 0.3) is 0 Å². The van der Waals surface area contributed by atoms with Crippen molar-refractivity contribution < 1.29 is 9.90 Å². The van der Waals surface area contributed by atoms with Crippen LogP contribution in [0.3, 0.4) is 0 Å². The van der Waals surface area contributed by atoms with Gasteiger partial charge < -0.3 is 15.7 Å². The highest BCUT2D eigenvalue weighted by Gasteiger charge is 2.13. The third-order valence-electron chi connectivity index (χ3n) is 3.04. The zero-order valence-corrected chi connectivity index (χ0v) is 12.9. The summed E-state index contributed by atoms with van der Waals surface area (Å²) in [6.07, 6.45) is -0.0504. The molecule has 5 heteroatoms. The fourth-order valence-corrected chi connectivity index (χ4v) is 1.88. The van der Waals surface area contributed by atoms with Crippen molar-refractivity contribution in [3.05, 3.63) is 29.3 Å². The second-order valence-electron chi connectivity index (χ2n) is 5.38. The maximum atomic E-state index is 11.9. The number of carbonyl (C=O) groups excluding carboxylic acids is 1. The second kappa shape index (κ2) is 8.25. The summed E-state index contributed by atoms with van der Waals surface area (Å²) in [6, 6.07) is 7.06. The molecule has 0 radical (unpaired) electrons. The van der Waals surface area contributed by atoms with Crippen molar-refractivity contribution in [3.8, 4) is 0 Å². The van der Waals surface area contributed by atoms with Crippen LogP contribution in [0.2, 0.25) is 5.02 Å². The number of rotatable bonds is 7. The van der Waals surface area contributed by atoms with Crippen LogP contribution >= 0.6 is 11.6 Å². The van der Waals surface area contributed by atoms with Crippen LogP contribution in [0.5, 0.6) is 0 Å². The highest BCUT2D eigenvalue weighted by molar-refractivity contribution is 6.30. The lowest BCUT2D eigenvalue weighted by Crippen LogP contribution is -2.38. The van der Waals surface area contributed by atoms with Crippen molar-refractivity contribution in [1.82, 2.24) is 5.32 Å². The summed E-state index contributed by atoms with van der Waals surface area (Å²) >= 11 is 5.86. The molecule has 20 heavy (non-hydrogen) atoms. The molecule has 112 valence electrons. The van der Waals surface area contributed by atoms with Crippen molar-refractivity contribution in [3.63, 3.8) is 0 Å². The van der Waals surface area contributed by atoms with Gasteiger partial charge in [0.1, 0.15) is 0 Å². The SMILES string of the molecule is CC(CC(=O)Nc1cccc(Cl)c1)NCC(O)C(C)C. The van der Waals surface area contributed by atoms with Crippen molar-refractivity contribution in [2.45, 2.75) is 39.3 Å². The lowest BCUT2D eigenvalue weighted by atomic mass is 10.1. The molecule has 4 nitrogen and oxygen atoms in total.